The van der Waals surface area contributed by atoms with Crippen molar-refractivity contribution in [2.24, 2.45) is 0 Å². The van der Waals surface area contributed by atoms with Crippen molar-refractivity contribution in [1.82, 2.24) is 0 Å². The highest BCUT2D eigenvalue weighted by atomic mass is 32.2. The molecule has 2 unspecified atom stereocenters. The maximum atomic E-state index is 12.5. The Morgan fingerprint density at radius 2 is 2.06 bits per heavy atom. The second-order valence-electron chi connectivity index (χ2n) is 4.78. The van der Waals surface area contributed by atoms with Crippen molar-refractivity contribution in [3.05, 3.63) is 29.3 Å². The first kappa shape index (κ1) is 13.5. The van der Waals surface area contributed by atoms with Crippen LogP contribution < -0.4 is 0 Å². The third-order valence-corrected chi connectivity index (χ3v) is 5.62. The van der Waals surface area contributed by atoms with Crippen molar-refractivity contribution in [3.8, 4) is 0 Å². The molecular weight excluding hydrogens is 252 g/mol. The van der Waals surface area contributed by atoms with Gasteiger partial charge in [-0.1, -0.05) is 17.7 Å². The van der Waals surface area contributed by atoms with Crippen molar-refractivity contribution in [2.45, 2.75) is 36.5 Å². The van der Waals surface area contributed by atoms with Crippen molar-refractivity contribution < 1.29 is 18.3 Å². The number of aryl methyl sites for hydroxylation is 2. The van der Waals surface area contributed by atoms with Gasteiger partial charge in [-0.3, -0.25) is 0 Å². The highest BCUT2D eigenvalue weighted by Crippen LogP contribution is 2.26. The highest BCUT2D eigenvalue weighted by molar-refractivity contribution is 7.92. The summed E-state index contributed by atoms with van der Waals surface area (Å²) in [5.74, 6) is 0. The molecule has 0 saturated carbocycles. The number of sulfone groups is 1. The second kappa shape index (κ2) is 4.99. The number of ether oxygens (including phenoxy) is 1. The van der Waals surface area contributed by atoms with E-state index in [1.807, 2.05) is 13.0 Å². The van der Waals surface area contributed by atoms with Gasteiger partial charge < -0.3 is 9.84 Å². The summed E-state index contributed by atoms with van der Waals surface area (Å²) in [5.41, 5.74) is 1.74. The van der Waals surface area contributed by atoms with E-state index in [0.717, 1.165) is 5.56 Å². The first-order chi connectivity index (χ1) is 8.43. The smallest absolute Gasteiger partial charge is 0.186 e. The minimum Gasteiger partial charge on any atom is -0.392 e. The molecule has 5 heteroatoms. The molecule has 0 aromatic heterocycles. The van der Waals surface area contributed by atoms with E-state index in [2.05, 4.69) is 0 Å². The Morgan fingerprint density at radius 1 is 1.33 bits per heavy atom. The van der Waals surface area contributed by atoms with Gasteiger partial charge in [-0.15, -0.1) is 0 Å². The Morgan fingerprint density at radius 3 is 2.67 bits per heavy atom. The van der Waals surface area contributed by atoms with Crippen LogP contribution in [0.5, 0.6) is 0 Å². The molecule has 2 rings (SSSR count). The summed E-state index contributed by atoms with van der Waals surface area (Å²) in [7, 11) is -3.53. The number of rotatable bonds is 2. The lowest BCUT2D eigenvalue weighted by Crippen LogP contribution is -2.42. The Bertz CT molecular complexity index is 536. The number of aliphatic hydroxyl groups is 1. The molecule has 0 aliphatic carbocycles. The summed E-state index contributed by atoms with van der Waals surface area (Å²) in [4.78, 5) is 0.294. The molecule has 1 heterocycles. The van der Waals surface area contributed by atoms with E-state index in [9.17, 15) is 13.5 Å². The predicted molar refractivity (Wildman–Crippen MR) is 68.3 cm³/mol. The van der Waals surface area contributed by atoms with Gasteiger partial charge in [0.05, 0.1) is 17.6 Å². The molecule has 0 bridgehead atoms. The van der Waals surface area contributed by atoms with E-state index < -0.39 is 21.2 Å². The van der Waals surface area contributed by atoms with E-state index in [4.69, 9.17) is 4.74 Å². The highest BCUT2D eigenvalue weighted by Gasteiger charge is 2.37. The van der Waals surface area contributed by atoms with Crippen molar-refractivity contribution in [2.75, 3.05) is 13.2 Å². The second-order valence-corrected chi connectivity index (χ2v) is 6.92. The van der Waals surface area contributed by atoms with E-state index >= 15 is 0 Å². The normalized spacial score (nSPS) is 25.1. The molecule has 1 saturated heterocycles. The molecule has 1 aromatic rings. The Balaban J connectivity index is 2.41. The summed E-state index contributed by atoms with van der Waals surface area (Å²) >= 11 is 0. The van der Waals surface area contributed by atoms with Gasteiger partial charge in [-0.05, 0) is 31.9 Å². The zero-order chi connectivity index (χ0) is 13.3. The van der Waals surface area contributed by atoms with Crippen LogP contribution in [0.25, 0.3) is 0 Å². The average Bonchev–Trinajstić information content (AvgIpc) is 2.28. The molecule has 1 aliphatic rings. The summed E-state index contributed by atoms with van der Waals surface area (Å²) < 4.78 is 30.2. The van der Waals surface area contributed by atoms with Gasteiger partial charge >= 0.3 is 0 Å². The minimum atomic E-state index is -3.53. The van der Waals surface area contributed by atoms with Crippen LogP contribution in [0.4, 0.5) is 0 Å². The number of hydrogen-bond donors (Lipinski definition) is 1. The largest absolute Gasteiger partial charge is 0.392 e. The van der Waals surface area contributed by atoms with Gasteiger partial charge in [0.15, 0.2) is 9.84 Å². The van der Waals surface area contributed by atoms with E-state index in [-0.39, 0.29) is 6.61 Å². The quantitative estimate of drug-likeness (QED) is 0.878. The number of benzene rings is 1. The fourth-order valence-corrected chi connectivity index (χ4v) is 4.20. The Hall–Kier alpha value is -0.910. The summed E-state index contributed by atoms with van der Waals surface area (Å²) in [6, 6.07) is 5.22. The lowest BCUT2D eigenvalue weighted by molar-refractivity contribution is 0.0175. The maximum Gasteiger partial charge on any atom is 0.186 e. The molecule has 2 atom stereocenters. The zero-order valence-electron chi connectivity index (χ0n) is 10.6. The summed E-state index contributed by atoms with van der Waals surface area (Å²) in [6.07, 6.45) is -0.473. The van der Waals surface area contributed by atoms with Gasteiger partial charge in [0.1, 0.15) is 5.25 Å². The van der Waals surface area contributed by atoms with Gasteiger partial charge in [0, 0.05) is 6.61 Å². The van der Waals surface area contributed by atoms with E-state index in [1.54, 1.807) is 19.1 Å². The van der Waals surface area contributed by atoms with Crippen LogP contribution in [0.15, 0.2) is 23.1 Å². The van der Waals surface area contributed by atoms with Gasteiger partial charge in [-0.25, -0.2) is 8.42 Å². The van der Waals surface area contributed by atoms with Crippen LogP contribution in [-0.4, -0.2) is 38.1 Å². The molecule has 0 radical (unpaired) electrons. The molecule has 0 amide bonds. The molecule has 4 nitrogen and oxygen atoms in total. The predicted octanol–water partition coefficient (Wildman–Crippen LogP) is 1.23. The molecule has 1 aromatic carbocycles. The Kier molecular flexibility index (Phi) is 3.75. The summed E-state index contributed by atoms with van der Waals surface area (Å²) in [6.45, 7) is 4.18. The van der Waals surface area contributed by atoms with Crippen LogP contribution in [0.3, 0.4) is 0 Å². The lowest BCUT2D eigenvalue weighted by atomic mass is 10.1. The van der Waals surface area contributed by atoms with Gasteiger partial charge in [-0.2, -0.15) is 0 Å². The van der Waals surface area contributed by atoms with Crippen LogP contribution in [0.2, 0.25) is 0 Å². The first-order valence-corrected chi connectivity index (χ1v) is 7.54. The van der Waals surface area contributed by atoms with Crippen molar-refractivity contribution >= 4 is 9.84 Å². The van der Waals surface area contributed by atoms with Crippen molar-refractivity contribution in [3.63, 3.8) is 0 Å². The number of hydrogen-bond acceptors (Lipinski definition) is 4. The van der Waals surface area contributed by atoms with E-state index in [1.165, 1.54) is 0 Å². The van der Waals surface area contributed by atoms with Crippen LogP contribution >= 0.6 is 0 Å². The van der Waals surface area contributed by atoms with Gasteiger partial charge in [0.25, 0.3) is 0 Å². The molecule has 100 valence electrons. The zero-order valence-corrected chi connectivity index (χ0v) is 11.4. The Labute approximate surface area is 108 Å². The van der Waals surface area contributed by atoms with E-state index in [0.29, 0.717) is 23.5 Å². The summed E-state index contributed by atoms with van der Waals surface area (Å²) in [5, 5.41) is 9.00. The lowest BCUT2D eigenvalue weighted by Gasteiger charge is -2.28. The molecule has 1 N–H and O–H groups in total. The molecular formula is C13H18O4S. The monoisotopic (exact) mass is 270 g/mol. The third-order valence-electron chi connectivity index (χ3n) is 3.30. The van der Waals surface area contributed by atoms with Crippen LogP contribution in [0.1, 0.15) is 17.5 Å². The minimum absolute atomic E-state index is 0.0663. The fourth-order valence-electron chi connectivity index (χ4n) is 2.28. The third kappa shape index (κ3) is 2.43. The topological polar surface area (TPSA) is 63.6 Å². The maximum absolute atomic E-state index is 12.5. The fraction of sp³-hybridized carbons (Fsp3) is 0.538. The SMILES string of the molecule is Cc1ccc(S(=O)(=O)C2COCCC2O)c(C)c1. The molecule has 1 aliphatic heterocycles. The molecule has 0 spiro atoms. The molecule has 18 heavy (non-hydrogen) atoms. The van der Waals surface area contributed by atoms with Crippen LogP contribution in [-0.2, 0) is 14.6 Å². The van der Waals surface area contributed by atoms with Crippen LogP contribution in [0, 0.1) is 13.8 Å². The molecule has 1 fully saturated rings. The standard InChI is InChI=1S/C13H18O4S/c1-9-3-4-12(10(2)7-9)18(15,16)13-8-17-6-5-11(13)14/h3-4,7,11,13-14H,5-6,8H2,1-2H3. The number of aliphatic hydroxyl groups excluding tert-OH is 1. The van der Waals surface area contributed by atoms with Crippen molar-refractivity contribution in [1.29, 1.82) is 0 Å². The first-order valence-electron chi connectivity index (χ1n) is 6.00. The average molecular weight is 270 g/mol. The van der Waals surface area contributed by atoms with Gasteiger partial charge in [0.2, 0.25) is 0 Å².